The van der Waals surface area contributed by atoms with E-state index < -0.39 is 23.2 Å². The molecule has 2 aliphatic heterocycles. The van der Waals surface area contributed by atoms with Crippen molar-refractivity contribution in [2.24, 2.45) is 0 Å². The molecule has 4 rings (SSSR count). The molecular formula is C21H20N2O6S. The Hall–Kier alpha value is -3.20. The molecule has 0 saturated carbocycles. The molecule has 0 aromatic heterocycles. The highest BCUT2D eigenvalue weighted by atomic mass is 32.2. The first-order valence-corrected chi connectivity index (χ1v) is 10.3. The van der Waals surface area contributed by atoms with Crippen LogP contribution in [0.4, 0.5) is 5.69 Å². The van der Waals surface area contributed by atoms with Gasteiger partial charge in [-0.2, -0.15) is 0 Å². The highest BCUT2D eigenvalue weighted by Crippen LogP contribution is 2.36. The van der Waals surface area contributed by atoms with Gasteiger partial charge in [-0.25, -0.2) is 0 Å². The summed E-state index contributed by atoms with van der Waals surface area (Å²) < 4.78 is 15.8. The van der Waals surface area contributed by atoms with Crippen molar-refractivity contribution in [1.29, 1.82) is 0 Å². The van der Waals surface area contributed by atoms with Gasteiger partial charge in [0.25, 0.3) is 5.91 Å². The summed E-state index contributed by atoms with van der Waals surface area (Å²) in [7, 11) is 0. The molecule has 2 N–H and O–H groups in total. The number of carbonyl (C=O) groups excluding carboxylic acids is 3. The molecule has 9 heteroatoms. The van der Waals surface area contributed by atoms with Crippen LogP contribution in [0, 0.1) is 0 Å². The van der Waals surface area contributed by atoms with E-state index in [4.69, 9.17) is 14.2 Å². The van der Waals surface area contributed by atoms with Gasteiger partial charge in [-0.3, -0.25) is 14.4 Å². The monoisotopic (exact) mass is 428 g/mol. The Morgan fingerprint density at radius 2 is 2.03 bits per heavy atom. The number of benzene rings is 2. The number of anilines is 1. The fourth-order valence-electron chi connectivity index (χ4n) is 3.06. The van der Waals surface area contributed by atoms with Gasteiger partial charge < -0.3 is 24.8 Å². The van der Waals surface area contributed by atoms with Crippen molar-refractivity contribution in [2.45, 2.75) is 36.1 Å². The molecule has 2 aliphatic rings. The molecule has 0 unspecified atom stereocenters. The number of ether oxygens (including phenoxy) is 3. The van der Waals surface area contributed by atoms with Gasteiger partial charge >= 0.3 is 5.97 Å². The van der Waals surface area contributed by atoms with E-state index in [-0.39, 0.29) is 25.7 Å². The zero-order chi connectivity index (χ0) is 21.1. The molecule has 0 radical (unpaired) electrons. The summed E-state index contributed by atoms with van der Waals surface area (Å²) in [5.41, 5.74) is 1.56. The van der Waals surface area contributed by atoms with Gasteiger partial charge in [0.15, 0.2) is 17.6 Å². The molecule has 8 nitrogen and oxygen atoms in total. The van der Waals surface area contributed by atoms with Crippen molar-refractivity contribution >= 4 is 35.2 Å². The number of hydrogen-bond donors (Lipinski definition) is 2. The molecule has 30 heavy (non-hydrogen) atoms. The molecule has 156 valence electrons. The number of esters is 1. The normalized spacial score (nSPS) is 17.5. The SMILES string of the molecule is C[C@@H](OC(=O)C[C@@H]1Sc2ccccc2NC1=O)C(=O)NCc1ccc2c(c1)OCO2. The van der Waals surface area contributed by atoms with E-state index in [9.17, 15) is 14.4 Å². The second-order valence-corrected chi connectivity index (χ2v) is 8.08. The molecule has 0 saturated heterocycles. The van der Waals surface area contributed by atoms with Crippen LogP contribution in [-0.2, 0) is 25.7 Å². The standard InChI is InChI=1S/C21H20N2O6S/c1-12(20(25)22-10-13-6-7-15-16(8-13)28-11-27-15)29-19(24)9-18-21(26)23-14-4-2-3-5-17(14)30-18/h2-8,12,18H,9-11H2,1H3,(H,22,25)(H,23,26)/t12-,18+/m1/s1. The average Bonchev–Trinajstić information content (AvgIpc) is 3.20. The molecule has 2 atom stereocenters. The number of fused-ring (bicyclic) bond motifs is 2. The van der Waals surface area contributed by atoms with E-state index in [2.05, 4.69) is 10.6 Å². The fourth-order valence-corrected chi connectivity index (χ4v) is 4.16. The van der Waals surface area contributed by atoms with E-state index in [0.717, 1.165) is 16.1 Å². The topological polar surface area (TPSA) is 103 Å². The maximum atomic E-state index is 12.3. The van der Waals surface area contributed by atoms with Crippen molar-refractivity contribution in [2.75, 3.05) is 12.1 Å². The van der Waals surface area contributed by atoms with E-state index in [1.807, 2.05) is 24.3 Å². The second kappa shape index (κ2) is 8.66. The number of nitrogens with one attached hydrogen (secondary N) is 2. The van der Waals surface area contributed by atoms with Crippen molar-refractivity contribution < 1.29 is 28.6 Å². The molecule has 0 bridgehead atoms. The zero-order valence-corrected chi connectivity index (χ0v) is 17.0. The van der Waals surface area contributed by atoms with Gasteiger partial charge in [0.05, 0.1) is 17.4 Å². The summed E-state index contributed by atoms with van der Waals surface area (Å²) in [6.45, 7) is 1.94. The molecule has 0 fully saturated rings. The lowest BCUT2D eigenvalue weighted by Crippen LogP contribution is -2.37. The average molecular weight is 428 g/mol. The first-order valence-electron chi connectivity index (χ1n) is 9.42. The summed E-state index contributed by atoms with van der Waals surface area (Å²) in [6, 6.07) is 12.8. The summed E-state index contributed by atoms with van der Waals surface area (Å²) in [4.78, 5) is 37.6. The minimum atomic E-state index is -0.976. The third-order valence-electron chi connectivity index (χ3n) is 4.64. The number of para-hydroxylation sites is 1. The number of carbonyl (C=O) groups is 3. The molecule has 2 heterocycles. The maximum Gasteiger partial charge on any atom is 0.308 e. The van der Waals surface area contributed by atoms with Crippen LogP contribution in [0.3, 0.4) is 0 Å². The maximum absolute atomic E-state index is 12.3. The Kier molecular flexibility index (Phi) is 5.80. The minimum Gasteiger partial charge on any atom is -0.454 e. The fraction of sp³-hybridized carbons (Fsp3) is 0.286. The minimum absolute atomic E-state index is 0.120. The summed E-state index contributed by atoms with van der Waals surface area (Å²) in [6.07, 6.45) is -1.10. The lowest BCUT2D eigenvalue weighted by Gasteiger charge is -2.23. The lowest BCUT2D eigenvalue weighted by molar-refractivity contribution is -0.155. The van der Waals surface area contributed by atoms with Crippen LogP contribution in [0.5, 0.6) is 11.5 Å². The molecule has 2 aromatic rings. The summed E-state index contributed by atoms with van der Waals surface area (Å²) in [5.74, 6) is 0.0149. The summed E-state index contributed by atoms with van der Waals surface area (Å²) >= 11 is 1.31. The van der Waals surface area contributed by atoms with Gasteiger partial charge in [0, 0.05) is 11.4 Å². The van der Waals surface area contributed by atoms with Gasteiger partial charge in [-0.15, -0.1) is 11.8 Å². The molecule has 2 amide bonds. The predicted molar refractivity (Wildman–Crippen MR) is 109 cm³/mol. The molecule has 0 aliphatic carbocycles. The Bertz CT molecular complexity index is 995. The quantitative estimate of drug-likeness (QED) is 0.682. The van der Waals surface area contributed by atoms with Crippen molar-refractivity contribution in [3.05, 3.63) is 48.0 Å². The Morgan fingerprint density at radius 3 is 2.90 bits per heavy atom. The van der Waals surface area contributed by atoms with Gasteiger partial charge in [0.2, 0.25) is 12.7 Å². The van der Waals surface area contributed by atoms with Crippen LogP contribution >= 0.6 is 11.8 Å². The van der Waals surface area contributed by atoms with Crippen LogP contribution in [0.2, 0.25) is 0 Å². The van der Waals surface area contributed by atoms with Crippen molar-refractivity contribution in [3.63, 3.8) is 0 Å². The third-order valence-corrected chi connectivity index (χ3v) is 5.92. The van der Waals surface area contributed by atoms with Crippen LogP contribution in [0.25, 0.3) is 0 Å². The first-order chi connectivity index (χ1) is 14.5. The third kappa shape index (κ3) is 4.51. The predicted octanol–water partition coefficient (Wildman–Crippen LogP) is 2.47. The van der Waals surface area contributed by atoms with Crippen LogP contribution in [-0.4, -0.2) is 35.9 Å². The molecular weight excluding hydrogens is 408 g/mol. The number of hydrogen-bond acceptors (Lipinski definition) is 7. The number of amides is 2. The summed E-state index contributed by atoms with van der Waals surface area (Å²) in [5, 5.41) is 4.90. The van der Waals surface area contributed by atoms with Crippen LogP contribution in [0.1, 0.15) is 18.9 Å². The highest BCUT2D eigenvalue weighted by Gasteiger charge is 2.30. The van der Waals surface area contributed by atoms with Crippen molar-refractivity contribution in [1.82, 2.24) is 5.32 Å². The molecule has 0 spiro atoms. The van der Waals surface area contributed by atoms with E-state index in [0.29, 0.717) is 11.5 Å². The van der Waals surface area contributed by atoms with Crippen molar-refractivity contribution in [3.8, 4) is 11.5 Å². The number of rotatable bonds is 6. The van der Waals surface area contributed by atoms with Crippen LogP contribution in [0.15, 0.2) is 47.4 Å². The zero-order valence-electron chi connectivity index (χ0n) is 16.2. The van der Waals surface area contributed by atoms with Gasteiger partial charge in [-0.1, -0.05) is 18.2 Å². The largest absolute Gasteiger partial charge is 0.454 e. The Balaban J connectivity index is 1.26. The van der Waals surface area contributed by atoms with Crippen LogP contribution < -0.4 is 20.1 Å². The lowest BCUT2D eigenvalue weighted by atomic mass is 10.2. The first kappa shape index (κ1) is 20.1. The van der Waals surface area contributed by atoms with Gasteiger partial charge in [0.1, 0.15) is 0 Å². The van der Waals surface area contributed by atoms with E-state index in [1.165, 1.54) is 18.7 Å². The highest BCUT2D eigenvalue weighted by molar-refractivity contribution is 8.01. The second-order valence-electron chi connectivity index (χ2n) is 6.83. The van der Waals surface area contributed by atoms with Gasteiger partial charge in [-0.05, 0) is 36.8 Å². The smallest absolute Gasteiger partial charge is 0.308 e. The Morgan fingerprint density at radius 1 is 1.23 bits per heavy atom. The Labute approximate surface area is 177 Å². The number of thioether (sulfide) groups is 1. The van der Waals surface area contributed by atoms with E-state index >= 15 is 0 Å². The van der Waals surface area contributed by atoms with E-state index in [1.54, 1.807) is 18.2 Å². The molecule has 2 aromatic carbocycles.